The lowest BCUT2D eigenvalue weighted by Gasteiger charge is -2.35. The maximum atomic E-state index is 13.2. The number of benzene rings is 2. The summed E-state index contributed by atoms with van der Waals surface area (Å²) < 4.78 is 13.2. The molecule has 1 saturated heterocycles. The van der Waals surface area contributed by atoms with Gasteiger partial charge in [0.05, 0.1) is 5.69 Å². The van der Waals surface area contributed by atoms with Gasteiger partial charge in [0.25, 0.3) is 0 Å². The van der Waals surface area contributed by atoms with E-state index in [0.29, 0.717) is 19.5 Å². The fourth-order valence-electron chi connectivity index (χ4n) is 3.41. The Labute approximate surface area is 180 Å². The Morgan fingerprint density at radius 1 is 0.967 bits per heavy atom. The summed E-state index contributed by atoms with van der Waals surface area (Å²) in [6.45, 7) is 2.84. The Bertz CT molecular complexity index is 976. The van der Waals surface area contributed by atoms with Crippen molar-refractivity contribution in [1.82, 2.24) is 14.9 Å². The molecule has 1 aliphatic heterocycles. The first kappa shape index (κ1) is 20.3. The number of carbonyl (C=O) groups is 1. The topological polar surface area (TPSA) is 49.3 Å². The van der Waals surface area contributed by atoms with Crippen molar-refractivity contribution >= 4 is 23.5 Å². The summed E-state index contributed by atoms with van der Waals surface area (Å²) in [5.74, 6) is 1.55. The van der Waals surface area contributed by atoms with E-state index in [1.807, 2.05) is 29.2 Å². The number of hydrogen-bond acceptors (Lipinski definition) is 5. The Balaban J connectivity index is 1.29. The van der Waals surface area contributed by atoms with E-state index in [2.05, 4.69) is 27.0 Å². The molecular weight excluding hydrogens is 399 g/mol. The minimum Gasteiger partial charge on any atom is -0.353 e. The van der Waals surface area contributed by atoms with Crippen molar-refractivity contribution in [3.8, 4) is 11.3 Å². The van der Waals surface area contributed by atoms with Crippen LogP contribution in [0.1, 0.15) is 6.42 Å². The normalized spacial score (nSPS) is 14.0. The van der Waals surface area contributed by atoms with Crippen LogP contribution in [0.3, 0.4) is 0 Å². The molecule has 2 aromatic carbocycles. The molecule has 4 rings (SSSR count). The van der Waals surface area contributed by atoms with E-state index in [0.717, 1.165) is 35.9 Å². The number of rotatable bonds is 6. The summed E-state index contributed by atoms with van der Waals surface area (Å²) >= 11 is 1.71. The number of halogens is 1. The molecule has 7 heteroatoms. The zero-order valence-electron chi connectivity index (χ0n) is 16.6. The quantitative estimate of drug-likeness (QED) is 0.560. The van der Waals surface area contributed by atoms with Gasteiger partial charge in [-0.05, 0) is 36.4 Å². The number of piperazine rings is 1. The van der Waals surface area contributed by atoms with Gasteiger partial charge in [0.2, 0.25) is 5.91 Å². The highest BCUT2D eigenvalue weighted by molar-refractivity contribution is 7.99. The van der Waals surface area contributed by atoms with Crippen LogP contribution in [0.15, 0.2) is 71.9 Å². The summed E-state index contributed by atoms with van der Waals surface area (Å²) in [5.41, 5.74) is 1.61. The lowest BCUT2D eigenvalue weighted by molar-refractivity contribution is -0.131. The van der Waals surface area contributed by atoms with Crippen molar-refractivity contribution in [2.75, 3.05) is 36.8 Å². The maximum Gasteiger partial charge on any atom is 0.223 e. The second-order valence-electron chi connectivity index (χ2n) is 7.05. The van der Waals surface area contributed by atoms with Crippen LogP contribution >= 0.6 is 11.8 Å². The number of aromatic nitrogens is 2. The van der Waals surface area contributed by atoms with Crippen LogP contribution in [-0.4, -0.2) is 52.7 Å². The molecule has 1 aromatic heterocycles. The zero-order valence-corrected chi connectivity index (χ0v) is 17.4. The minimum atomic E-state index is -0.268. The van der Waals surface area contributed by atoms with Gasteiger partial charge >= 0.3 is 0 Å². The Morgan fingerprint density at radius 3 is 2.43 bits per heavy atom. The first-order valence-corrected chi connectivity index (χ1v) is 11.0. The van der Waals surface area contributed by atoms with Gasteiger partial charge in [-0.25, -0.2) is 14.4 Å². The minimum absolute atomic E-state index is 0.202. The van der Waals surface area contributed by atoms with Crippen molar-refractivity contribution in [2.45, 2.75) is 11.3 Å². The van der Waals surface area contributed by atoms with Crippen LogP contribution in [0.25, 0.3) is 11.3 Å². The summed E-state index contributed by atoms with van der Waals surface area (Å²) in [5, 5.41) is 0. The smallest absolute Gasteiger partial charge is 0.223 e. The van der Waals surface area contributed by atoms with Crippen molar-refractivity contribution in [3.63, 3.8) is 0 Å². The van der Waals surface area contributed by atoms with Crippen molar-refractivity contribution in [2.24, 2.45) is 0 Å². The second kappa shape index (κ2) is 9.71. The highest BCUT2D eigenvalue weighted by Gasteiger charge is 2.22. The van der Waals surface area contributed by atoms with E-state index in [-0.39, 0.29) is 11.7 Å². The number of nitrogens with zero attached hydrogens (tertiary/aromatic N) is 4. The largest absolute Gasteiger partial charge is 0.353 e. The molecule has 0 atom stereocenters. The second-order valence-corrected chi connectivity index (χ2v) is 8.22. The monoisotopic (exact) mass is 422 g/mol. The van der Waals surface area contributed by atoms with Crippen LogP contribution in [0.4, 0.5) is 10.2 Å². The van der Waals surface area contributed by atoms with E-state index >= 15 is 0 Å². The van der Waals surface area contributed by atoms with Gasteiger partial charge in [0.1, 0.15) is 18.0 Å². The fraction of sp³-hybridized carbons (Fsp3) is 0.261. The predicted molar refractivity (Wildman–Crippen MR) is 118 cm³/mol. The van der Waals surface area contributed by atoms with Gasteiger partial charge in [-0.1, -0.05) is 18.2 Å². The van der Waals surface area contributed by atoms with E-state index < -0.39 is 0 Å². The average Bonchev–Trinajstić information content (AvgIpc) is 2.80. The fourth-order valence-corrected chi connectivity index (χ4v) is 4.28. The van der Waals surface area contributed by atoms with Gasteiger partial charge in [-0.15, -0.1) is 11.8 Å². The molecule has 1 aliphatic rings. The zero-order chi connectivity index (χ0) is 20.8. The van der Waals surface area contributed by atoms with Gasteiger partial charge < -0.3 is 9.80 Å². The van der Waals surface area contributed by atoms with E-state index in [4.69, 9.17) is 0 Å². The lowest BCUT2D eigenvalue weighted by Crippen LogP contribution is -2.49. The molecule has 0 spiro atoms. The number of carbonyl (C=O) groups excluding carboxylic acids is 1. The third kappa shape index (κ3) is 5.16. The molecule has 3 aromatic rings. The van der Waals surface area contributed by atoms with Crippen LogP contribution in [-0.2, 0) is 4.79 Å². The predicted octanol–water partition coefficient (Wildman–Crippen LogP) is 4.11. The third-order valence-corrected chi connectivity index (χ3v) is 6.09. The third-order valence-electron chi connectivity index (χ3n) is 5.08. The molecule has 0 saturated carbocycles. The Morgan fingerprint density at radius 2 is 1.70 bits per heavy atom. The van der Waals surface area contributed by atoms with Gasteiger partial charge in [0, 0.05) is 54.9 Å². The first-order chi connectivity index (χ1) is 14.7. The van der Waals surface area contributed by atoms with Crippen LogP contribution in [0.5, 0.6) is 0 Å². The highest BCUT2D eigenvalue weighted by atomic mass is 32.2. The van der Waals surface area contributed by atoms with E-state index in [9.17, 15) is 9.18 Å². The molecule has 2 heterocycles. The van der Waals surface area contributed by atoms with Gasteiger partial charge in [0.15, 0.2) is 0 Å². The Kier molecular flexibility index (Phi) is 6.59. The molecule has 1 fully saturated rings. The number of hydrogen-bond donors (Lipinski definition) is 0. The number of thioether (sulfide) groups is 1. The molecule has 1 amide bonds. The van der Waals surface area contributed by atoms with Crippen LogP contribution in [0.2, 0.25) is 0 Å². The summed E-state index contributed by atoms with van der Waals surface area (Å²) in [6.07, 6.45) is 2.08. The SMILES string of the molecule is O=C(CCSc1ccccc1)N1CCN(c2cc(-c3ccc(F)cc3)ncn2)CC1. The molecule has 0 aliphatic carbocycles. The summed E-state index contributed by atoms with van der Waals surface area (Å²) in [4.78, 5) is 26.5. The molecular formula is C23H23FN4OS. The van der Waals surface area contributed by atoms with E-state index in [1.54, 1.807) is 23.9 Å². The number of amides is 1. The maximum absolute atomic E-state index is 13.2. The highest BCUT2D eigenvalue weighted by Crippen LogP contribution is 2.22. The Hall–Kier alpha value is -2.93. The molecule has 5 nitrogen and oxygen atoms in total. The van der Waals surface area contributed by atoms with Crippen molar-refractivity contribution in [3.05, 3.63) is 72.8 Å². The van der Waals surface area contributed by atoms with E-state index in [1.165, 1.54) is 23.4 Å². The van der Waals surface area contributed by atoms with Crippen molar-refractivity contribution in [1.29, 1.82) is 0 Å². The molecule has 30 heavy (non-hydrogen) atoms. The van der Waals surface area contributed by atoms with Gasteiger partial charge in [-0.2, -0.15) is 0 Å². The molecule has 0 bridgehead atoms. The van der Waals surface area contributed by atoms with Crippen LogP contribution < -0.4 is 4.90 Å². The standard InChI is InChI=1S/C23H23FN4OS/c24-19-8-6-18(7-9-19)21-16-22(26-17-25-21)27-11-13-28(14-12-27)23(29)10-15-30-20-4-2-1-3-5-20/h1-9,16-17H,10-15H2. The molecule has 0 N–H and O–H groups in total. The average molecular weight is 423 g/mol. The summed E-state index contributed by atoms with van der Waals surface area (Å²) in [6, 6.07) is 18.4. The first-order valence-electron chi connectivity index (χ1n) is 9.97. The molecule has 154 valence electrons. The summed E-state index contributed by atoms with van der Waals surface area (Å²) in [7, 11) is 0. The molecule has 0 radical (unpaired) electrons. The lowest BCUT2D eigenvalue weighted by atomic mass is 10.1. The van der Waals surface area contributed by atoms with Gasteiger partial charge in [-0.3, -0.25) is 4.79 Å². The van der Waals surface area contributed by atoms with Crippen LogP contribution in [0, 0.1) is 5.82 Å². The number of anilines is 1. The molecule has 0 unspecified atom stereocenters. The van der Waals surface area contributed by atoms with Crippen molar-refractivity contribution < 1.29 is 9.18 Å².